The third kappa shape index (κ3) is 2.88. The average molecular weight is 226 g/mol. The van der Waals surface area contributed by atoms with Gasteiger partial charge < -0.3 is 10.5 Å². The molecule has 80 valence electrons. The molecule has 0 aliphatic rings. The van der Waals surface area contributed by atoms with Crippen molar-refractivity contribution in [2.75, 3.05) is 7.11 Å². The van der Waals surface area contributed by atoms with E-state index in [2.05, 4.69) is 0 Å². The summed E-state index contributed by atoms with van der Waals surface area (Å²) in [4.78, 5) is 10.4. The second-order valence-electron chi connectivity index (χ2n) is 2.91. The van der Waals surface area contributed by atoms with Crippen LogP contribution in [0.15, 0.2) is 18.2 Å². The van der Waals surface area contributed by atoms with E-state index in [0.717, 1.165) is 5.56 Å². The van der Waals surface area contributed by atoms with E-state index in [4.69, 9.17) is 22.7 Å². The molecule has 0 bridgehead atoms. The number of nitrogens with two attached hydrogens (primary N) is 1. The molecule has 0 spiro atoms. The lowest BCUT2D eigenvalue weighted by molar-refractivity contribution is -0.385. The van der Waals surface area contributed by atoms with E-state index in [9.17, 15) is 10.1 Å². The standard InChI is InChI=1S/C9H10N2O3S/c1-14-8-4-6(5-9(10)15)2-3-7(8)11(12)13/h2-4H,5H2,1H3,(H2,10,15). The zero-order valence-corrected chi connectivity index (χ0v) is 8.91. The van der Waals surface area contributed by atoms with Crippen molar-refractivity contribution in [2.24, 2.45) is 5.73 Å². The van der Waals surface area contributed by atoms with Gasteiger partial charge >= 0.3 is 5.69 Å². The molecule has 2 N–H and O–H groups in total. The molecule has 0 radical (unpaired) electrons. The number of ether oxygens (including phenoxy) is 1. The zero-order chi connectivity index (χ0) is 11.4. The molecule has 1 aromatic carbocycles. The number of nitrogens with zero attached hydrogens (tertiary/aromatic N) is 1. The molecule has 0 fully saturated rings. The minimum atomic E-state index is -0.497. The minimum Gasteiger partial charge on any atom is -0.490 e. The quantitative estimate of drug-likeness (QED) is 0.477. The maximum absolute atomic E-state index is 10.6. The summed E-state index contributed by atoms with van der Waals surface area (Å²) in [6.45, 7) is 0. The highest BCUT2D eigenvalue weighted by molar-refractivity contribution is 7.80. The number of methoxy groups -OCH3 is 1. The third-order valence-corrected chi connectivity index (χ3v) is 1.96. The van der Waals surface area contributed by atoms with Crippen LogP contribution in [-0.2, 0) is 6.42 Å². The smallest absolute Gasteiger partial charge is 0.310 e. The fourth-order valence-electron chi connectivity index (χ4n) is 1.18. The molecule has 0 unspecified atom stereocenters. The Morgan fingerprint density at radius 1 is 1.67 bits per heavy atom. The van der Waals surface area contributed by atoms with Crippen molar-refractivity contribution in [3.63, 3.8) is 0 Å². The maximum Gasteiger partial charge on any atom is 0.310 e. The lowest BCUT2D eigenvalue weighted by Crippen LogP contribution is -2.11. The molecule has 0 aliphatic heterocycles. The first-order chi connectivity index (χ1) is 7.04. The van der Waals surface area contributed by atoms with Gasteiger partial charge in [-0.1, -0.05) is 18.3 Å². The molecule has 0 amide bonds. The summed E-state index contributed by atoms with van der Waals surface area (Å²) < 4.78 is 4.90. The lowest BCUT2D eigenvalue weighted by Gasteiger charge is -2.04. The Labute approximate surface area is 92.0 Å². The summed E-state index contributed by atoms with van der Waals surface area (Å²) in [5.74, 6) is 0.216. The number of benzene rings is 1. The predicted octanol–water partition coefficient (Wildman–Crippen LogP) is 1.43. The van der Waals surface area contributed by atoms with Crippen LogP contribution in [0.1, 0.15) is 5.56 Å². The van der Waals surface area contributed by atoms with Gasteiger partial charge in [0.05, 0.1) is 17.0 Å². The SMILES string of the molecule is COc1cc(CC(N)=S)ccc1[N+](=O)[O-]. The number of nitro groups is 1. The number of rotatable bonds is 4. The first kappa shape index (κ1) is 11.4. The highest BCUT2D eigenvalue weighted by Crippen LogP contribution is 2.27. The van der Waals surface area contributed by atoms with E-state index in [1.807, 2.05) is 0 Å². The van der Waals surface area contributed by atoms with Crippen LogP contribution in [0.5, 0.6) is 5.75 Å². The molecule has 1 rings (SSSR count). The van der Waals surface area contributed by atoms with Crippen molar-refractivity contribution >= 4 is 22.9 Å². The Balaban J connectivity index is 3.07. The maximum atomic E-state index is 10.6. The Morgan fingerprint density at radius 3 is 2.80 bits per heavy atom. The summed E-state index contributed by atoms with van der Waals surface area (Å²) >= 11 is 4.74. The highest BCUT2D eigenvalue weighted by atomic mass is 32.1. The topological polar surface area (TPSA) is 78.4 Å². The Hall–Kier alpha value is -1.69. The van der Waals surface area contributed by atoms with Gasteiger partial charge in [0.25, 0.3) is 0 Å². The van der Waals surface area contributed by atoms with Crippen molar-refractivity contribution in [3.05, 3.63) is 33.9 Å². The molecule has 5 nitrogen and oxygen atoms in total. The van der Waals surface area contributed by atoms with Gasteiger partial charge in [0, 0.05) is 12.5 Å². The molecule has 0 saturated heterocycles. The second kappa shape index (κ2) is 4.70. The van der Waals surface area contributed by atoms with Gasteiger partial charge in [-0.05, 0) is 11.6 Å². The first-order valence-electron chi connectivity index (χ1n) is 4.14. The average Bonchev–Trinajstić information content (AvgIpc) is 2.16. The summed E-state index contributed by atoms with van der Waals surface area (Å²) in [5, 5.41) is 10.6. The van der Waals surface area contributed by atoms with Gasteiger partial charge in [-0.3, -0.25) is 10.1 Å². The molecule has 0 saturated carbocycles. The molecule has 1 aromatic rings. The fourth-order valence-corrected chi connectivity index (χ4v) is 1.35. The zero-order valence-electron chi connectivity index (χ0n) is 8.10. The van der Waals surface area contributed by atoms with E-state index in [1.165, 1.54) is 13.2 Å². The normalized spacial score (nSPS) is 9.67. The second-order valence-corrected chi connectivity index (χ2v) is 3.43. The minimum absolute atomic E-state index is 0.0656. The molecule has 0 atom stereocenters. The van der Waals surface area contributed by atoms with E-state index in [0.29, 0.717) is 11.4 Å². The van der Waals surface area contributed by atoms with Gasteiger partial charge in [0.2, 0.25) is 0 Å². The molecule has 0 aromatic heterocycles. The van der Waals surface area contributed by atoms with Crippen LogP contribution in [0.3, 0.4) is 0 Å². The van der Waals surface area contributed by atoms with Gasteiger partial charge in [-0.15, -0.1) is 0 Å². The molecule has 0 heterocycles. The number of nitro benzene ring substituents is 1. The van der Waals surface area contributed by atoms with Crippen LogP contribution in [0, 0.1) is 10.1 Å². The van der Waals surface area contributed by atoms with Crippen LogP contribution in [-0.4, -0.2) is 17.0 Å². The molecule has 0 aliphatic carbocycles. The summed E-state index contributed by atoms with van der Waals surface area (Å²) in [6, 6.07) is 4.56. The Bertz CT molecular complexity index is 406. The van der Waals surface area contributed by atoms with Crippen molar-refractivity contribution in [1.82, 2.24) is 0 Å². The fraction of sp³-hybridized carbons (Fsp3) is 0.222. The van der Waals surface area contributed by atoms with Crippen LogP contribution >= 0.6 is 12.2 Å². The van der Waals surface area contributed by atoms with Crippen LogP contribution in [0.4, 0.5) is 5.69 Å². The van der Waals surface area contributed by atoms with Gasteiger partial charge in [0.15, 0.2) is 5.75 Å². The van der Waals surface area contributed by atoms with E-state index < -0.39 is 4.92 Å². The van der Waals surface area contributed by atoms with E-state index in [-0.39, 0.29) is 11.4 Å². The monoisotopic (exact) mass is 226 g/mol. The van der Waals surface area contributed by atoms with Crippen LogP contribution < -0.4 is 10.5 Å². The molecule has 15 heavy (non-hydrogen) atoms. The number of hydrogen-bond donors (Lipinski definition) is 1. The largest absolute Gasteiger partial charge is 0.490 e. The van der Waals surface area contributed by atoms with Crippen molar-refractivity contribution < 1.29 is 9.66 Å². The van der Waals surface area contributed by atoms with Gasteiger partial charge in [-0.2, -0.15) is 0 Å². The van der Waals surface area contributed by atoms with Crippen LogP contribution in [0.25, 0.3) is 0 Å². The van der Waals surface area contributed by atoms with Gasteiger partial charge in [-0.25, -0.2) is 0 Å². The Morgan fingerprint density at radius 2 is 2.33 bits per heavy atom. The molecule has 6 heteroatoms. The summed E-state index contributed by atoms with van der Waals surface area (Å²) in [7, 11) is 1.38. The van der Waals surface area contributed by atoms with Crippen molar-refractivity contribution in [1.29, 1.82) is 0 Å². The van der Waals surface area contributed by atoms with E-state index >= 15 is 0 Å². The summed E-state index contributed by atoms with van der Waals surface area (Å²) in [6.07, 6.45) is 0.406. The van der Waals surface area contributed by atoms with Crippen molar-refractivity contribution in [3.8, 4) is 5.75 Å². The van der Waals surface area contributed by atoms with E-state index in [1.54, 1.807) is 12.1 Å². The van der Waals surface area contributed by atoms with Crippen LogP contribution in [0.2, 0.25) is 0 Å². The number of thiocarbonyl (C=S) groups is 1. The first-order valence-corrected chi connectivity index (χ1v) is 4.55. The Kier molecular flexibility index (Phi) is 3.56. The lowest BCUT2D eigenvalue weighted by atomic mass is 10.1. The highest BCUT2D eigenvalue weighted by Gasteiger charge is 2.14. The molecular weight excluding hydrogens is 216 g/mol. The van der Waals surface area contributed by atoms with Gasteiger partial charge in [0.1, 0.15) is 0 Å². The molecular formula is C9H10N2O3S. The predicted molar refractivity (Wildman–Crippen MR) is 60.1 cm³/mol. The third-order valence-electron chi connectivity index (χ3n) is 1.82. The number of hydrogen-bond acceptors (Lipinski definition) is 4. The summed E-state index contributed by atoms with van der Waals surface area (Å²) in [5.41, 5.74) is 6.10. The van der Waals surface area contributed by atoms with Crippen molar-refractivity contribution in [2.45, 2.75) is 6.42 Å².